The van der Waals surface area contributed by atoms with Gasteiger partial charge >= 0.3 is 0 Å². The molecule has 1 atom stereocenters. The number of nitrogens with zero attached hydrogens (tertiary/aromatic N) is 7. The minimum atomic E-state index is 0.287. The zero-order valence-electron chi connectivity index (χ0n) is 16.5. The van der Waals surface area contributed by atoms with Gasteiger partial charge in [0.25, 0.3) is 0 Å². The molecular weight excluding hydrogens is 398 g/mol. The molecule has 5 heterocycles. The van der Waals surface area contributed by atoms with Gasteiger partial charge in [-0.1, -0.05) is 29.8 Å². The van der Waals surface area contributed by atoms with Gasteiger partial charge in [-0.3, -0.25) is 4.40 Å². The van der Waals surface area contributed by atoms with Crippen molar-refractivity contribution in [2.75, 3.05) is 18.0 Å². The summed E-state index contributed by atoms with van der Waals surface area (Å²) in [5.74, 6) is 2.26. The number of halogens is 1. The van der Waals surface area contributed by atoms with E-state index < -0.39 is 0 Å². The maximum atomic E-state index is 6.54. The van der Waals surface area contributed by atoms with Gasteiger partial charge in [0.05, 0.1) is 11.2 Å². The molecular formula is C22H20ClN7. The van der Waals surface area contributed by atoms with E-state index in [2.05, 4.69) is 36.7 Å². The van der Waals surface area contributed by atoms with Crippen LogP contribution in [-0.4, -0.2) is 42.3 Å². The molecule has 150 valence electrons. The summed E-state index contributed by atoms with van der Waals surface area (Å²) >= 11 is 6.54. The summed E-state index contributed by atoms with van der Waals surface area (Å²) in [5.41, 5.74) is 3.40. The summed E-state index contributed by atoms with van der Waals surface area (Å²) in [7, 11) is 0. The van der Waals surface area contributed by atoms with Crippen LogP contribution in [0.25, 0.3) is 22.2 Å². The van der Waals surface area contributed by atoms with E-state index in [1.807, 2.05) is 48.0 Å². The Morgan fingerprint density at radius 1 is 1.07 bits per heavy atom. The lowest BCUT2D eigenvalue weighted by Crippen LogP contribution is -2.36. The second-order valence-corrected chi connectivity index (χ2v) is 8.24. The predicted molar refractivity (Wildman–Crippen MR) is 117 cm³/mol. The fraction of sp³-hybridized carbons (Fsp3) is 0.273. The fourth-order valence-electron chi connectivity index (χ4n) is 4.53. The molecule has 5 aromatic rings. The summed E-state index contributed by atoms with van der Waals surface area (Å²) in [6.07, 6.45) is 4.19. The van der Waals surface area contributed by atoms with Crippen LogP contribution >= 0.6 is 11.6 Å². The topological polar surface area (TPSA) is 63.6 Å². The van der Waals surface area contributed by atoms with Gasteiger partial charge in [-0.25, -0.2) is 9.50 Å². The van der Waals surface area contributed by atoms with Gasteiger partial charge in [0, 0.05) is 30.6 Å². The third kappa shape index (κ3) is 2.58. The average Bonchev–Trinajstić information content (AvgIpc) is 3.35. The molecule has 0 N–H and O–H groups in total. The predicted octanol–water partition coefficient (Wildman–Crippen LogP) is 4.27. The van der Waals surface area contributed by atoms with E-state index in [-0.39, 0.29) is 5.92 Å². The van der Waals surface area contributed by atoms with Crippen LogP contribution < -0.4 is 4.90 Å². The molecule has 1 fully saturated rings. The summed E-state index contributed by atoms with van der Waals surface area (Å²) in [6, 6.07) is 14.3. The van der Waals surface area contributed by atoms with Crippen molar-refractivity contribution in [3.63, 3.8) is 0 Å². The fourth-order valence-corrected chi connectivity index (χ4v) is 4.69. The molecule has 6 rings (SSSR count). The first-order valence-electron chi connectivity index (χ1n) is 10.2. The number of pyridine rings is 1. The molecule has 1 unspecified atom stereocenters. The number of benzene rings is 1. The van der Waals surface area contributed by atoms with Crippen molar-refractivity contribution in [3.05, 3.63) is 65.2 Å². The first-order chi connectivity index (χ1) is 14.7. The number of aromatic nitrogens is 6. The molecule has 0 aliphatic carbocycles. The van der Waals surface area contributed by atoms with Crippen LogP contribution in [0.1, 0.15) is 30.3 Å². The number of fused-ring (bicyclic) bond motifs is 4. The van der Waals surface area contributed by atoms with E-state index in [1.165, 1.54) is 0 Å². The number of anilines is 1. The van der Waals surface area contributed by atoms with E-state index in [4.69, 9.17) is 16.6 Å². The average molecular weight is 418 g/mol. The molecule has 1 aliphatic heterocycles. The molecule has 8 heteroatoms. The van der Waals surface area contributed by atoms with Gasteiger partial charge in [-0.15, -0.1) is 10.2 Å². The Bertz CT molecular complexity index is 1400. The van der Waals surface area contributed by atoms with E-state index in [9.17, 15) is 0 Å². The summed E-state index contributed by atoms with van der Waals surface area (Å²) in [6.45, 7) is 3.71. The summed E-state index contributed by atoms with van der Waals surface area (Å²) in [5, 5.41) is 15.1. The van der Waals surface area contributed by atoms with E-state index in [0.29, 0.717) is 10.7 Å². The monoisotopic (exact) mass is 417 g/mol. The number of aryl methyl sites for hydroxylation is 1. The second-order valence-electron chi connectivity index (χ2n) is 7.86. The second kappa shape index (κ2) is 6.67. The van der Waals surface area contributed by atoms with Crippen molar-refractivity contribution >= 4 is 39.6 Å². The van der Waals surface area contributed by atoms with Crippen molar-refractivity contribution in [1.29, 1.82) is 0 Å². The maximum Gasteiger partial charge on any atom is 0.176 e. The Kier molecular flexibility index (Phi) is 3.92. The van der Waals surface area contributed by atoms with Crippen molar-refractivity contribution < 1.29 is 0 Å². The highest BCUT2D eigenvalue weighted by atomic mass is 35.5. The number of para-hydroxylation sites is 1. The van der Waals surface area contributed by atoms with Gasteiger partial charge in [-0.05, 0) is 44.0 Å². The minimum absolute atomic E-state index is 0.287. The van der Waals surface area contributed by atoms with Crippen molar-refractivity contribution in [3.8, 4) is 0 Å². The Balaban J connectivity index is 1.47. The largest absolute Gasteiger partial charge is 0.355 e. The van der Waals surface area contributed by atoms with E-state index in [0.717, 1.165) is 59.8 Å². The normalized spacial score (nSPS) is 17.4. The minimum Gasteiger partial charge on any atom is -0.355 e. The Morgan fingerprint density at radius 2 is 1.93 bits per heavy atom. The molecule has 1 aromatic carbocycles. The molecule has 4 aromatic heterocycles. The van der Waals surface area contributed by atoms with Gasteiger partial charge in [0.2, 0.25) is 0 Å². The molecule has 0 amide bonds. The van der Waals surface area contributed by atoms with Crippen molar-refractivity contribution in [2.24, 2.45) is 0 Å². The summed E-state index contributed by atoms with van der Waals surface area (Å²) in [4.78, 5) is 7.34. The number of rotatable bonds is 2. The van der Waals surface area contributed by atoms with Crippen LogP contribution in [0, 0.1) is 6.92 Å². The highest BCUT2D eigenvalue weighted by molar-refractivity contribution is 6.34. The first-order valence-corrected chi connectivity index (χ1v) is 10.6. The van der Waals surface area contributed by atoms with Gasteiger partial charge in [0.15, 0.2) is 11.3 Å². The lowest BCUT2D eigenvalue weighted by atomic mass is 9.97. The molecule has 0 saturated carbocycles. The Morgan fingerprint density at radius 3 is 2.87 bits per heavy atom. The molecule has 0 spiro atoms. The van der Waals surface area contributed by atoms with Crippen molar-refractivity contribution in [2.45, 2.75) is 25.7 Å². The standard InChI is InChI=1S/C22H20ClN7/c1-14-19(23)22-24-21(16-8-2-3-9-17(16)30(22)27-14)28-11-6-7-15(13-28)20-26-25-18-10-4-5-12-29(18)20/h2-5,8-10,12,15H,6-7,11,13H2,1H3. The van der Waals surface area contributed by atoms with Crippen LogP contribution in [0.5, 0.6) is 0 Å². The van der Waals surface area contributed by atoms with Gasteiger partial charge < -0.3 is 4.90 Å². The van der Waals surface area contributed by atoms with Crippen LogP contribution in [0.15, 0.2) is 48.7 Å². The number of hydrogen-bond donors (Lipinski definition) is 0. The Labute approximate surface area is 177 Å². The third-order valence-corrected chi connectivity index (χ3v) is 6.42. The third-order valence-electron chi connectivity index (χ3n) is 5.98. The van der Waals surface area contributed by atoms with E-state index >= 15 is 0 Å². The Hall–Kier alpha value is -3.19. The number of hydrogen-bond acceptors (Lipinski definition) is 5. The van der Waals surface area contributed by atoms with Crippen molar-refractivity contribution in [1.82, 2.24) is 29.2 Å². The maximum absolute atomic E-state index is 6.54. The lowest BCUT2D eigenvalue weighted by molar-refractivity contribution is 0.487. The van der Waals surface area contributed by atoms with Gasteiger partial charge in [-0.2, -0.15) is 5.10 Å². The zero-order chi connectivity index (χ0) is 20.2. The lowest BCUT2D eigenvalue weighted by Gasteiger charge is -2.33. The molecule has 0 radical (unpaired) electrons. The van der Waals surface area contributed by atoms with Crippen LogP contribution in [0.4, 0.5) is 5.82 Å². The molecule has 1 aliphatic rings. The molecule has 30 heavy (non-hydrogen) atoms. The summed E-state index contributed by atoms with van der Waals surface area (Å²) < 4.78 is 3.95. The zero-order valence-corrected chi connectivity index (χ0v) is 17.3. The first kappa shape index (κ1) is 17.7. The number of piperidine rings is 1. The highest BCUT2D eigenvalue weighted by Gasteiger charge is 2.28. The van der Waals surface area contributed by atoms with Crippen LogP contribution in [-0.2, 0) is 0 Å². The van der Waals surface area contributed by atoms with Gasteiger partial charge in [0.1, 0.15) is 16.7 Å². The SMILES string of the molecule is Cc1nn2c(nc(N3CCCC(c4nnc5ccccn45)C3)c3ccccc32)c1Cl. The highest BCUT2D eigenvalue weighted by Crippen LogP contribution is 2.34. The smallest absolute Gasteiger partial charge is 0.176 e. The van der Waals surface area contributed by atoms with E-state index in [1.54, 1.807) is 0 Å². The molecule has 1 saturated heterocycles. The molecule has 7 nitrogen and oxygen atoms in total. The molecule has 0 bridgehead atoms. The van der Waals surface area contributed by atoms with Crippen LogP contribution in [0.3, 0.4) is 0 Å². The van der Waals surface area contributed by atoms with Crippen LogP contribution in [0.2, 0.25) is 5.02 Å². The quantitative estimate of drug-likeness (QED) is 0.429.